The molecule has 5 aromatic heterocycles. The standard InChI is InChI=1S/C22H24N8S2.ClH/c1-12-8-14(5-7-29(12)2)30(3)22-28-21-20(32-22)27-19(31-21)18-17-15(4-6-23-17)16(11-24-18)13-9-25-26-10-13;/h4,6,9-12,14,23H,5,7-8H2,1-3H3,(H,25,26);1H. The smallest absolute Gasteiger partial charge is 0.188 e. The quantitative estimate of drug-likeness (QED) is 0.360. The average molecular weight is 501 g/mol. The lowest BCUT2D eigenvalue weighted by atomic mass is 9.98. The summed E-state index contributed by atoms with van der Waals surface area (Å²) in [5.74, 6) is 0. The van der Waals surface area contributed by atoms with Crippen molar-refractivity contribution in [3.63, 3.8) is 0 Å². The molecule has 2 N–H and O–H groups in total. The van der Waals surface area contributed by atoms with Crippen molar-refractivity contribution < 1.29 is 0 Å². The van der Waals surface area contributed by atoms with Crippen LogP contribution in [0.25, 0.3) is 42.4 Å². The summed E-state index contributed by atoms with van der Waals surface area (Å²) in [6, 6.07) is 3.20. The Hall–Kier alpha value is -2.53. The van der Waals surface area contributed by atoms with Crippen LogP contribution in [0.2, 0.25) is 0 Å². The number of hydrogen-bond donors (Lipinski definition) is 2. The predicted octanol–water partition coefficient (Wildman–Crippen LogP) is 5.03. The summed E-state index contributed by atoms with van der Waals surface area (Å²) in [7, 11) is 4.38. The maximum absolute atomic E-state index is 4.94. The summed E-state index contributed by atoms with van der Waals surface area (Å²) in [6.07, 6.45) is 9.88. The van der Waals surface area contributed by atoms with Crippen LogP contribution in [0.4, 0.5) is 5.13 Å². The van der Waals surface area contributed by atoms with Crippen LogP contribution in [-0.2, 0) is 0 Å². The number of nitrogens with one attached hydrogen (secondary N) is 2. The molecule has 0 spiro atoms. The Morgan fingerprint density at radius 1 is 1.18 bits per heavy atom. The third-order valence-electron chi connectivity index (χ3n) is 6.60. The van der Waals surface area contributed by atoms with E-state index in [2.05, 4.69) is 52.1 Å². The lowest BCUT2D eigenvalue weighted by Crippen LogP contribution is -2.46. The van der Waals surface area contributed by atoms with E-state index in [0.717, 1.165) is 60.5 Å². The largest absolute Gasteiger partial charge is 0.359 e. The lowest BCUT2D eigenvalue weighted by molar-refractivity contribution is 0.181. The summed E-state index contributed by atoms with van der Waals surface area (Å²) >= 11 is 3.29. The van der Waals surface area contributed by atoms with Gasteiger partial charge in [0.2, 0.25) is 0 Å². The second kappa shape index (κ2) is 8.68. The number of nitrogens with zero attached hydrogens (tertiary/aromatic N) is 6. The Balaban J connectivity index is 0.00000228. The van der Waals surface area contributed by atoms with E-state index in [4.69, 9.17) is 15.0 Å². The van der Waals surface area contributed by atoms with Crippen LogP contribution in [0.5, 0.6) is 0 Å². The number of halogens is 1. The van der Waals surface area contributed by atoms with Gasteiger partial charge in [-0.05, 0) is 32.9 Å². The van der Waals surface area contributed by atoms with Crippen molar-refractivity contribution in [1.82, 2.24) is 35.0 Å². The Morgan fingerprint density at radius 2 is 2.03 bits per heavy atom. The van der Waals surface area contributed by atoms with Gasteiger partial charge in [-0.1, -0.05) is 22.7 Å². The zero-order chi connectivity index (χ0) is 21.8. The number of pyridine rings is 1. The monoisotopic (exact) mass is 500 g/mol. The highest BCUT2D eigenvalue weighted by Crippen LogP contribution is 2.39. The van der Waals surface area contributed by atoms with Crippen LogP contribution in [-0.4, -0.2) is 67.8 Å². The third kappa shape index (κ3) is 3.80. The summed E-state index contributed by atoms with van der Waals surface area (Å²) < 4.78 is 0. The average Bonchev–Trinajstić information content (AvgIpc) is 3.57. The highest BCUT2D eigenvalue weighted by Gasteiger charge is 2.28. The van der Waals surface area contributed by atoms with Gasteiger partial charge in [-0.2, -0.15) is 5.10 Å². The zero-order valence-corrected chi connectivity index (χ0v) is 21.0. The van der Waals surface area contributed by atoms with Crippen molar-refractivity contribution in [2.24, 2.45) is 0 Å². The van der Waals surface area contributed by atoms with E-state index < -0.39 is 0 Å². The van der Waals surface area contributed by atoms with E-state index >= 15 is 0 Å². The first kappa shape index (κ1) is 22.3. The zero-order valence-electron chi connectivity index (χ0n) is 18.6. The molecule has 6 heterocycles. The molecule has 0 aromatic carbocycles. The van der Waals surface area contributed by atoms with Crippen molar-refractivity contribution in [2.75, 3.05) is 25.5 Å². The molecule has 2 atom stereocenters. The fourth-order valence-corrected chi connectivity index (χ4v) is 6.57. The van der Waals surface area contributed by atoms with Crippen LogP contribution in [0.3, 0.4) is 0 Å². The molecule has 0 aliphatic carbocycles. The van der Waals surface area contributed by atoms with E-state index in [1.54, 1.807) is 22.7 Å². The molecular weight excluding hydrogens is 476 g/mol. The van der Waals surface area contributed by atoms with Crippen LogP contribution in [0.1, 0.15) is 19.8 Å². The van der Waals surface area contributed by atoms with Crippen LogP contribution < -0.4 is 4.90 Å². The Morgan fingerprint density at radius 3 is 2.79 bits per heavy atom. The first-order valence-electron chi connectivity index (χ1n) is 10.7. The summed E-state index contributed by atoms with van der Waals surface area (Å²) in [5, 5.41) is 10.0. The number of aromatic amines is 2. The van der Waals surface area contributed by atoms with Gasteiger partial charge in [-0.25, -0.2) is 9.97 Å². The lowest BCUT2D eigenvalue weighted by Gasteiger charge is -2.39. The highest BCUT2D eigenvalue weighted by atomic mass is 35.5. The molecule has 1 aliphatic rings. The van der Waals surface area contributed by atoms with E-state index in [0.29, 0.717) is 12.1 Å². The molecule has 11 heteroatoms. The van der Waals surface area contributed by atoms with E-state index in [1.165, 1.54) is 6.42 Å². The number of thiazole rings is 2. The van der Waals surface area contributed by atoms with E-state index in [9.17, 15) is 0 Å². The van der Waals surface area contributed by atoms with Gasteiger partial charge in [0.05, 0.1) is 11.7 Å². The number of anilines is 1. The number of rotatable bonds is 4. The summed E-state index contributed by atoms with van der Waals surface area (Å²) in [5.41, 5.74) is 3.92. The topological polar surface area (TPSA) is 89.6 Å². The number of hydrogen-bond acceptors (Lipinski definition) is 8. The molecule has 172 valence electrons. The number of piperidine rings is 1. The van der Waals surface area contributed by atoms with Crippen molar-refractivity contribution in [3.8, 4) is 21.8 Å². The minimum Gasteiger partial charge on any atom is -0.359 e. The molecule has 6 rings (SSSR count). The number of aromatic nitrogens is 6. The van der Waals surface area contributed by atoms with Gasteiger partial charge in [0.15, 0.2) is 14.8 Å². The van der Waals surface area contributed by atoms with Gasteiger partial charge in [0, 0.05) is 60.8 Å². The third-order valence-corrected chi connectivity index (χ3v) is 8.73. The SMILES string of the molecule is CC1CC(N(C)c2nc3sc(-c4ncc(-c5cn[nH]c5)c5cc[nH]c45)nc3s2)CCN1C.Cl. The Bertz CT molecular complexity index is 1360. The Kier molecular flexibility index (Phi) is 5.86. The highest BCUT2D eigenvalue weighted by molar-refractivity contribution is 7.29. The molecule has 1 aliphatic heterocycles. The van der Waals surface area contributed by atoms with Gasteiger partial charge in [0.1, 0.15) is 10.7 Å². The normalized spacial score (nSPS) is 19.2. The van der Waals surface area contributed by atoms with Crippen LogP contribution in [0.15, 0.2) is 30.9 Å². The van der Waals surface area contributed by atoms with Crippen LogP contribution >= 0.6 is 35.1 Å². The molecule has 0 bridgehead atoms. The molecule has 5 aromatic rings. The van der Waals surface area contributed by atoms with Crippen LogP contribution in [0, 0.1) is 0 Å². The molecule has 1 saturated heterocycles. The van der Waals surface area contributed by atoms with Crippen molar-refractivity contribution in [3.05, 3.63) is 30.9 Å². The van der Waals surface area contributed by atoms with Crippen molar-refractivity contribution in [2.45, 2.75) is 31.8 Å². The van der Waals surface area contributed by atoms with E-state index in [1.807, 2.05) is 24.8 Å². The molecule has 1 fully saturated rings. The first-order valence-corrected chi connectivity index (χ1v) is 12.4. The molecule has 33 heavy (non-hydrogen) atoms. The molecule has 0 amide bonds. The van der Waals surface area contributed by atoms with Gasteiger partial charge in [0.25, 0.3) is 0 Å². The van der Waals surface area contributed by atoms with Gasteiger partial charge < -0.3 is 14.8 Å². The van der Waals surface area contributed by atoms with Crippen molar-refractivity contribution in [1.29, 1.82) is 0 Å². The van der Waals surface area contributed by atoms with Gasteiger partial charge >= 0.3 is 0 Å². The fourth-order valence-electron chi connectivity index (χ4n) is 4.50. The fraction of sp³-hybridized carbons (Fsp3) is 0.364. The number of fused-ring (bicyclic) bond motifs is 2. The minimum atomic E-state index is 0. The number of H-pyrrole nitrogens is 2. The summed E-state index contributed by atoms with van der Waals surface area (Å²) in [4.78, 5) is 24.7. The predicted molar refractivity (Wildman–Crippen MR) is 139 cm³/mol. The second-order valence-electron chi connectivity index (χ2n) is 8.52. The molecule has 0 radical (unpaired) electrons. The maximum atomic E-state index is 4.94. The molecular formula is C22H25ClN8S2. The molecule has 0 saturated carbocycles. The van der Waals surface area contributed by atoms with Gasteiger partial charge in [-0.15, -0.1) is 12.4 Å². The molecule has 2 unspecified atom stereocenters. The minimum absolute atomic E-state index is 0. The summed E-state index contributed by atoms with van der Waals surface area (Å²) in [6.45, 7) is 3.44. The second-order valence-corrected chi connectivity index (χ2v) is 10.5. The number of likely N-dealkylation sites (tertiary alicyclic amines) is 1. The first-order chi connectivity index (χ1) is 15.6. The van der Waals surface area contributed by atoms with E-state index in [-0.39, 0.29) is 12.4 Å². The van der Waals surface area contributed by atoms with Crippen molar-refractivity contribution >= 4 is 60.8 Å². The molecule has 8 nitrogen and oxygen atoms in total. The Labute approximate surface area is 205 Å². The maximum Gasteiger partial charge on any atom is 0.188 e. The van der Waals surface area contributed by atoms with Gasteiger partial charge in [-0.3, -0.25) is 10.1 Å².